The Balaban J connectivity index is 1.59. The first kappa shape index (κ1) is 22.2. The second-order valence-electron chi connectivity index (χ2n) is 7.09. The number of para-hydroxylation sites is 1. The highest BCUT2D eigenvalue weighted by Gasteiger charge is 2.37. The molecule has 2 atom stereocenters. The Bertz CT molecular complexity index is 989. The Labute approximate surface area is 178 Å². The van der Waals surface area contributed by atoms with Gasteiger partial charge < -0.3 is 25.4 Å². The number of fused-ring (bicyclic) bond motifs is 1. The van der Waals surface area contributed by atoms with Gasteiger partial charge in [-0.05, 0) is 25.0 Å². The number of aromatic nitrogens is 1. The minimum absolute atomic E-state index is 0.275. The van der Waals surface area contributed by atoms with E-state index in [0.717, 1.165) is 0 Å². The van der Waals surface area contributed by atoms with E-state index >= 15 is 0 Å². The molecule has 3 amide bonds. The summed E-state index contributed by atoms with van der Waals surface area (Å²) in [6.07, 6.45) is 1.08. The minimum atomic E-state index is -1.49. The number of nitrogens with one attached hydrogen (secondary N) is 2. The van der Waals surface area contributed by atoms with Crippen molar-refractivity contribution in [3.63, 3.8) is 0 Å². The molecule has 1 aliphatic rings. The van der Waals surface area contributed by atoms with Crippen LogP contribution in [0, 0.1) is 0 Å². The highest BCUT2D eigenvalue weighted by Crippen LogP contribution is 2.21. The maximum atomic E-state index is 12.7. The van der Waals surface area contributed by atoms with Crippen LogP contribution in [-0.2, 0) is 19.1 Å². The summed E-state index contributed by atoms with van der Waals surface area (Å²) in [6, 6.07) is 8.03. The summed E-state index contributed by atoms with van der Waals surface area (Å²) in [6.45, 7) is -0.287. The molecule has 1 fully saturated rings. The zero-order valence-corrected chi connectivity index (χ0v) is 17.0. The number of ether oxygens (including phenoxy) is 1. The van der Waals surface area contributed by atoms with E-state index in [1.165, 1.54) is 18.2 Å². The maximum absolute atomic E-state index is 12.7. The number of likely N-dealkylation sites (tertiary alicyclic amines) is 1. The first-order valence-electron chi connectivity index (χ1n) is 9.86. The monoisotopic (exact) mass is 428 g/mol. The molecule has 0 saturated carbocycles. The lowest BCUT2D eigenvalue weighted by Crippen LogP contribution is -2.52. The van der Waals surface area contributed by atoms with Crippen LogP contribution in [0.4, 0.5) is 0 Å². The molecule has 3 rings (SSSR count). The van der Waals surface area contributed by atoms with Crippen LogP contribution in [0.15, 0.2) is 36.5 Å². The normalized spacial score (nSPS) is 16.6. The van der Waals surface area contributed by atoms with Crippen molar-refractivity contribution in [1.29, 1.82) is 0 Å². The van der Waals surface area contributed by atoms with Crippen LogP contribution in [0.3, 0.4) is 0 Å². The number of amides is 3. The second kappa shape index (κ2) is 9.98. The van der Waals surface area contributed by atoms with Crippen LogP contribution < -0.4 is 10.6 Å². The maximum Gasteiger partial charge on any atom is 0.325 e. The molecule has 0 aliphatic carbocycles. The molecule has 1 aliphatic heterocycles. The van der Waals surface area contributed by atoms with Crippen LogP contribution in [0.25, 0.3) is 10.9 Å². The number of aliphatic hydroxyl groups excluding tert-OH is 1. The lowest BCUT2D eigenvalue weighted by atomic mass is 10.1. The van der Waals surface area contributed by atoms with Crippen LogP contribution in [0.2, 0.25) is 0 Å². The van der Waals surface area contributed by atoms with Gasteiger partial charge in [-0.25, -0.2) is 0 Å². The molecule has 1 saturated heterocycles. The van der Waals surface area contributed by atoms with E-state index < -0.39 is 35.8 Å². The number of hydrogen-bond acceptors (Lipinski definition) is 7. The summed E-state index contributed by atoms with van der Waals surface area (Å²) in [7, 11) is 1.19. The molecule has 164 valence electrons. The number of carbonyl (C=O) groups excluding carboxylic acids is 4. The van der Waals surface area contributed by atoms with Gasteiger partial charge in [0.1, 0.15) is 6.54 Å². The van der Waals surface area contributed by atoms with Crippen molar-refractivity contribution in [2.45, 2.75) is 25.0 Å². The Morgan fingerprint density at radius 1 is 1.19 bits per heavy atom. The lowest BCUT2D eigenvalue weighted by Gasteiger charge is -2.28. The van der Waals surface area contributed by atoms with Crippen molar-refractivity contribution < 1.29 is 29.0 Å². The molecule has 10 nitrogen and oxygen atoms in total. The zero-order chi connectivity index (χ0) is 22.4. The quantitative estimate of drug-likeness (QED) is 0.511. The lowest BCUT2D eigenvalue weighted by molar-refractivity contribution is -0.144. The summed E-state index contributed by atoms with van der Waals surface area (Å²) < 4.78 is 4.44. The minimum Gasteiger partial charge on any atom is -0.468 e. The number of aliphatic hydroxyl groups is 1. The molecule has 1 aromatic carbocycles. The number of rotatable bonds is 7. The van der Waals surface area contributed by atoms with Crippen molar-refractivity contribution in [1.82, 2.24) is 20.5 Å². The number of esters is 1. The first-order chi connectivity index (χ1) is 14.9. The van der Waals surface area contributed by atoms with Gasteiger partial charge in [0.25, 0.3) is 11.8 Å². The average Bonchev–Trinajstić information content (AvgIpc) is 3.29. The van der Waals surface area contributed by atoms with Crippen molar-refractivity contribution in [3.05, 3.63) is 42.1 Å². The Kier molecular flexibility index (Phi) is 7.14. The molecular weight excluding hydrogens is 404 g/mol. The zero-order valence-electron chi connectivity index (χ0n) is 17.0. The van der Waals surface area contributed by atoms with Crippen LogP contribution in [0.5, 0.6) is 0 Å². The van der Waals surface area contributed by atoms with E-state index in [-0.39, 0.29) is 13.1 Å². The van der Waals surface area contributed by atoms with Gasteiger partial charge in [-0.1, -0.05) is 18.2 Å². The molecule has 0 spiro atoms. The van der Waals surface area contributed by atoms with Crippen molar-refractivity contribution in [2.24, 2.45) is 0 Å². The summed E-state index contributed by atoms with van der Waals surface area (Å²) in [4.78, 5) is 54.1. The average molecular weight is 428 g/mol. The molecule has 10 heteroatoms. The van der Waals surface area contributed by atoms with Gasteiger partial charge >= 0.3 is 5.97 Å². The summed E-state index contributed by atoms with van der Waals surface area (Å²) in [5.41, 5.74) is 1.07. The van der Waals surface area contributed by atoms with E-state index in [1.807, 2.05) is 6.07 Å². The third-order valence-electron chi connectivity index (χ3n) is 5.18. The molecule has 1 unspecified atom stereocenters. The summed E-state index contributed by atoms with van der Waals surface area (Å²) in [5, 5.41) is 15.9. The second-order valence-corrected chi connectivity index (χ2v) is 7.09. The van der Waals surface area contributed by atoms with Gasteiger partial charge in [-0.2, -0.15) is 0 Å². The van der Waals surface area contributed by atoms with Crippen molar-refractivity contribution in [2.75, 3.05) is 26.7 Å². The summed E-state index contributed by atoms with van der Waals surface area (Å²) >= 11 is 0. The van der Waals surface area contributed by atoms with E-state index in [1.54, 1.807) is 24.3 Å². The number of hydrogen-bond donors (Lipinski definition) is 3. The van der Waals surface area contributed by atoms with Gasteiger partial charge in [0.15, 0.2) is 6.10 Å². The van der Waals surface area contributed by atoms with Crippen LogP contribution in [0.1, 0.15) is 23.2 Å². The van der Waals surface area contributed by atoms with Crippen LogP contribution in [-0.4, -0.2) is 77.6 Å². The number of pyridine rings is 1. The predicted octanol–water partition coefficient (Wildman–Crippen LogP) is -0.394. The predicted molar refractivity (Wildman–Crippen MR) is 110 cm³/mol. The van der Waals surface area contributed by atoms with E-state index in [4.69, 9.17) is 0 Å². The van der Waals surface area contributed by atoms with E-state index in [0.29, 0.717) is 35.9 Å². The summed E-state index contributed by atoms with van der Waals surface area (Å²) in [5.74, 6) is -2.23. The van der Waals surface area contributed by atoms with E-state index in [2.05, 4.69) is 20.4 Å². The fourth-order valence-corrected chi connectivity index (χ4v) is 3.59. The van der Waals surface area contributed by atoms with E-state index in [9.17, 15) is 24.3 Å². The number of nitrogens with zero attached hydrogens (tertiary/aromatic N) is 2. The van der Waals surface area contributed by atoms with Crippen LogP contribution >= 0.6 is 0 Å². The number of carbonyl (C=O) groups is 4. The number of methoxy groups -OCH3 is 1. The van der Waals surface area contributed by atoms with Gasteiger partial charge in [0, 0.05) is 18.1 Å². The van der Waals surface area contributed by atoms with Gasteiger partial charge in [-0.15, -0.1) is 0 Å². The first-order valence-corrected chi connectivity index (χ1v) is 9.86. The van der Waals surface area contributed by atoms with Gasteiger partial charge in [-0.3, -0.25) is 24.2 Å². The third kappa shape index (κ3) is 5.15. The largest absolute Gasteiger partial charge is 0.468 e. The molecule has 31 heavy (non-hydrogen) atoms. The molecule has 1 aromatic heterocycles. The highest BCUT2D eigenvalue weighted by atomic mass is 16.5. The third-order valence-corrected chi connectivity index (χ3v) is 5.18. The Hall–Kier alpha value is -3.53. The molecule has 0 radical (unpaired) electrons. The smallest absolute Gasteiger partial charge is 0.325 e. The topological polar surface area (TPSA) is 138 Å². The molecule has 2 heterocycles. The molecular formula is C21H24N4O6. The molecule has 0 bridgehead atoms. The SMILES string of the molecule is COC(=O)CNC(=O)C(O)[C@@H]1CCCN1C(=O)CNC(=O)c1ccnc2ccccc12. The fourth-order valence-electron chi connectivity index (χ4n) is 3.59. The standard InChI is InChI=1S/C21H24N4O6/c1-31-18(27)12-24-21(30)19(28)16-7-4-10-25(16)17(26)11-23-20(29)14-8-9-22-15-6-3-2-5-13(14)15/h2-3,5-6,8-9,16,19,28H,4,7,10-12H2,1H3,(H,23,29)(H,24,30)/t16-,19?/m0/s1. The Morgan fingerprint density at radius 3 is 2.74 bits per heavy atom. The number of benzene rings is 1. The Morgan fingerprint density at radius 2 is 1.97 bits per heavy atom. The van der Waals surface area contributed by atoms with Crippen molar-refractivity contribution >= 4 is 34.6 Å². The fraction of sp³-hybridized carbons (Fsp3) is 0.381. The highest BCUT2D eigenvalue weighted by molar-refractivity contribution is 6.06. The molecule has 2 aromatic rings. The van der Waals surface area contributed by atoms with Gasteiger partial charge in [0.05, 0.1) is 30.8 Å². The van der Waals surface area contributed by atoms with Crippen molar-refractivity contribution in [3.8, 4) is 0 Å². The molecule has 3 N–H and O–H groups in total. The van der Waals surface area contributed by atoms with Gasteiger partial charge in [0.2, 0.25) is 5.91 Å².